The molecule has 3 atom stereocenters. The van der Waals surface area contributed by atoms with Crippen molar-refractivity contribution in [3.8, 4) is 0 Å². The van der Waals surface area contributed by atoms with Crippen molar-refractivity contribution in [3.05, 3.63) is 11.1 Å². The quantitative estimate of drug-likeness (QED) is 0.507. The highest BCUT2D eigenvalue weighted by Crippen LogP contribution is 2.72. The molecule has 2 saturated carbocycles. The van der Waals surface area contributed by atoms with Crippen molar-refractivity contribution < 1.29 is 0 Å². The molecule has 0 saturated heterocycles. The zero-order chi connectivity index (χ0) is 10.8. The molecule has 0 amide bonds. The third kappa shape index (κ3) is 0.905. The summed E-state index contributed by atoms with van der Waals surface area (Å²) >= 11 is 0. The molecule has 0 aromatic rings. The molecule has 1 spiro atoms. The van der Waals surface area contributed by atoms with Crippen molar-refractivity contribution in [2.24, 2.45) is 22.7 Å². The summed E-state index contributed by atoms with van der Waals surface area (Å²) in [6.07, 6.45) is 7.23. The average molecular weight is 204 g/mol. The number of hydrogen-bond donors (Lipinski definition) is 0. The van der Waals surface area contributed by atoms with E-state index in [-0.39, 0.29) is 0 Å². The number of rotatable bonds is 0. The van der Waals surface area contributed by atoms with Crippen LogP contribution in [-0.4, -0.2) is 0 Å². The molecule has 84 valence electrons. The first kappa shape index (κ1) is 9.93. The lowest BCUT2D eigenvalue weighted by molar-refractivity contribution is -0.00753. The van der Waals surface area contributed by atoms with Gasteiger partial charge in [-0.15, -0.1) is 0 Å². The minimum absolute atomic E-state index is 0.581. The van der Waals surface area contributed by atoms with E-state index >= 15 is 0 Å². The molecule has 0 N–H and O–H groups in total. The maximum absolute atomic E-state index is 2.55. The summed E-state index contributed by atoms with van der Waals surface area (Å²) in [6, 6.07) is 0. The molecule has 0 aromatic heterocycles. The molecule has 2 fully saturated rings. The van der Waals surface area contributed by atoms with Crippen molar-refractivity contribution in [2.45, 2.75) is 59.8 Å². The second-order valence-electron chi connectivity index (χ2n) is 6.83. The number of fused-ring (bicyclic) bond motifs is 1. The molecule has 3 rings (SSSR count). The Bertz CT molecular complexity index is 334. The van der Waals surface area contributed by atoms with Crippen molar-refractivity contribution in [2.75, 3.05) is 0 Å². The number of hydrogen-bond acceptors (Lipinski definition) is 0. The van der Waals surface area contributed by atoms with E-state index in [1.165, 1.54) is 32.1 Å². The van der Waals surface area contributed by atoms with Crippen LogP contribution in [0.15, 0.2) is 11.1 Å². The normalized spacial score (nSPS) is 47.2. The van der Waals surface area contributed by atoms with E-state index in [2.05, 4.69) is 27.7 Å². The molecule has 0 unspecified atom stereocenters. The molecule has 0 aromatic carbocycles. The molecule has 0 aliphatic heterocycles. The Morgan fingerprint density at radius 2 is 1.93 bits per heavy atom. The van der Waals surface area contributed by atoms with E-state index in [1.54, 1.807) is 5.57 Å². The molecule has 0 nitrogen and oxygen atoms in total. The Morgan fingerprint density at radius 1 is 1.20 bits per heavy atom. The maximum Gasteiger partial charge on any atom is -0.000292 e. The van der Waals surface area contributed by atoms with E-state index in [0.717, 1.165) is 11.8 Å². The van der Waals surface area contributed by atoms with E-state index in [4.69, 9.17) is 0 Å². The van der Waals surface area contributed by atoms with Crippen LogP contribution in [0.2, 0.25) is 0 Å². The Hall–Kier alpha value is -0.260. The Morgan fingerprint density at radius 3 is 2.67 bits per heavy atom. The predicted octanol–water partition coefficient (Wildman–Crippen LogP) is 4.56. The van der Waals surface area contributed by atoms with Gasteiger partial charge in [0.1, 0.15) is 0 Å². The lowest BCUT2D eigenvalue weighted by Gasteiger charge is -2.51. The van der Waals surface area contributed by atoms with Gasteiger partial charge in [0.15, 0.2) is 0 Å². The molecule has 0 heterocycles. The Labute approximate surface area is 94.1 Å². The van der Waals surface area contributed by atoms with Gasteiger partial charge in [-0.2, -0.15) is 0 Å². The van der Waals surface area contributed by atoms with Gasteiger partial charge < -0.3 is 0 Å². The van der Waals surface area contributed by atoms with Crippen LogP contribution in [0.5, 0.6) is 0 Å². The van der Waals surface area contributed by atoms with Crippen molar-refractivity contribution in [1.82, 2.24) is 0 Å². The first-order chi connectivity index (χ1) is 7.00. The summed E-state index contributed by atoms with van der Waals surface area (Å²) in [5, 5.41) is 0. The van der Waals surface area contributed by atoms with E-state index < -0.39 is 0 Å². The summed E-state index contributed by atoms with van der Waals surface area (Å²) in [6.45, 7) is 10.0. The van der Waals surface area contributed by atoms with Crippen LogP contribution in [0.1, 0.15) is 59.8 Å². The van der Waals surface area contributed by atoms with Gasteiger partial charge in [0.05, 0.1) is 0 Å². The Kier molecular flexibility index (Phi) is 1.79. The molecular formula is C15H24. The fourth-order valence-electron chi connectivity index (χ4n) is 5.34. The highest BCUT2D eigenvalue weighted by atomic mass is 14.7. The van der Waals surface area contributed by atoms with Gasteiger partial charge in [-0.1, -0.05) is 31.9 Å². The monoisotopic (exact) mass is 204 g/mol. The van der Waals surface area contributed by atoms with Crippen molar-refractivity contribution in [1.29, 1.82) is 0 Å². The fraction of sp³-hybridized carbons (Fsp3) is 0.867. The zero-order valence-corrected chi connectivity index (χ0v) is 10.7. The minimum Gasteiger partial charge on any atom is -0.0735 e. The first-order valence-electron chi connectivity index (χ1n) is 6.69. The largest absolute Gasteiger partial charge is 0.0735 e. The van der Waals surface area contributed by atoms with Gasteiger partial charge in [0, 0.05) is 0 Å². The SMILES string of the molecule is CC1=C2C[C@H]3CC[C@H](C)[C@@]2(CC1)C3(C)C. The molecular weight excluding hydrogens is 180 g/mol. The van der Waals surface area contributed by atoms with Crippen molar-refractivity contribution >= 4 is 0 Å². The summed E-state index contributed by atoms with van der Waals surface area (Å²) in [5.41, 5.74) is 4.83. The average Bonchev–Trinajstić information content (AvgIpc) is 2.53. The predicted molar refractivity (Wildman–Crippen MR) is 64.7 cm³/mol. The molecule has 0 radical (unpaired) electrons. The zero-order valence-electron chi connectivity index (χ0n) is 10.7. The van der Waals surface area contributed by atoms with Gasteiger partial charge in [0.2, 0.25) is 0 Å². The molecule has 3 aliphatic rings. The lowest BCUT2D eigenvalue weighted by atomic mass is 9.53. The van der Waals surface area contributed by atoms with Crippen LogP contribution in [0.25, 0.3) is 0 Å². The molecule has 0 heteroatoms. The van der Waals surface area contributed by atoms with Crippen LogP contribution in [0.3, 0.4) is 0 Å². The molecule has 2 bridgehead atoms. The van der Waals surface area contributed by atoms with E-state index in [0.29, 0.717) is 10.8 Å². The van der Waals surface area contributed by atoms with Gasteiger partial charge >= 0.3 is 0 Å². The third-order valence-corrected chi connectivity index (χ3v) is 6.36. The van der Waals surface area contributed by atoms with Gasteiger partial charge in [-0.25, -0.2) is 0 Å². The van der Waals surface area contributed by atoms with E-state index in [1.807, 2.05) is 5.57 Å². The standard InChI is InChI=1S/C15H24/c1-10-7-8-15-11(2)5-6-12(9-13(10)15)14(15,3)4/h11-12H,5-9H2,1-4H3/t11-,12+,15+/m0/s1. The summed E-state index contributed by atoms with van der Waals surface area (Å²) < 4.78 is 0. The molecule has 3 aliphatic carbocycles. The number of allylic oxidation sites excluding steroid dienone is 2. The van der Waals surface area contributed by atoms with Gasteiger partial charge in [-0.3, -0.25) is 0 Å². The van der Waals surface area contributed by atoms with Crippen LogP contribution in [0.4, 0.5) is 0 Å². The fourth-order valence-corrected chi connectivity index (χ4v) is 5.34. The maximum atomic E-state index is 2.55. The summed E-state index contributed by atoms with van der Waals surface area (Å²) in [5.74, 6) is 1.91. The summed E-state index contributed by atoms with van der Waals surface area (Å²) in [7, 11) is 0. The third-order valence-electron chi connectivity index (χ3n) is 6.36. The van der Waals surface area contributed by atoms with E-state index in [9.17, 15) is 0 Å². The van der Waals surface area contributed by atoms with Crippen LogP contribution in [-0.2, 0) is 0 Å². The van der Waals surface area contributed by atoms with Gasteiger partial charge in [0.25, 0.3) is 0 Å². The van der Waals surface area contributed by atoms with Crippen molar-refractivity contribution in [3.63, 3.8) is 0 Å². The minimum atomic E-state index is 0.581. The first-order valence-corrected chi connectivity index (χ1v) is 6.69. The van der Waals surface area contributed by atoms with Crippen LogP contribution in [0, 0.1) is 22.7 Å². The van der Waals surface area contributed by atoms with Crippen LogP contribution >= 0.6 is 0 Å². The highest BCUT2D eigenvalue weighted by Gasteiger charge is 2.63. The summed E-state index contributed by atoms with van der Waals surface area (Å²) in [4.78, 5) is 0. The smallest absolute Gasteiger partial charge is 0.000292 e. The topological polar surface area (TPSA) is 0 Å². The lowest BCUT2D eigenvalue weighted by Crippen LogP contribution is -2.44. The second kappa shape index (κ2) is 2.70. The van der Waals surface area contributed by atoms with Crippen LogP contribution < -0.4 is 0 Å². The second-order valence-corrected chi connectivity index (χ2v) is 6.83. The highest BCUT2D eigenvalue weighted by molar-refractivity contribution is 5.37. The molecule has 15 heavy (non-hydrogen) atoms. The van der Waals surface area contributed by atoms with Gasteiger partial charge in [-0.05, 0) is 61.7 Å². The Balaban J connectivity index is 2.20.